The molecule has 126 valence electrons. The first-order chi connectivity index (χ1) is 11.0. The molecule has 0 aromatic carbocycles. The molecule has 5 heteroatoms. The van der Waals surface area contributed by atoms with E-state index in [-0.39, 0.29) is 23.8 Å². The largest absolute Gasteiger partial charge is 0.356 e. The first kappa shape index (κ1) is 17.4. The van der Waals surface area contributed by atoms with E-state index in [1.54, 1.807) is 12.4 Å². The average Bonchev–Trinajstić information content (AvgIpc) is 2.54. The molecular formula is C18H27N3O2. The highest BCUT2D eigenvalue weighted by Gasteiger charge is 2.40. The summed E-state index contributed by atoms with van der Waals surface area (Å²) in [7, 11) is 0. The number of pyridine rings is 1. The van der Waals surface area contributed by atoms with Crippen LogP contribution in [0.4, 0.5) is 0 Å². The first-order valence-electron chi connectivity index (χ1n) is 8.51. The Labute approximate surface area is 138 Å². The predicted octanol–water partition coefficient (Wildman–Crippen LogP) is 2.54. The van der Waals surface area contributed by atoms with Gasteiger partial charge in [0.25, 0.3) is 0 Å². The van der Waals surface area contributed by atoms with Crippen LogP contribution in [0.2, 0.25) is 0 Å². The minimum absolute atomic E-state index is 0.0435. The van der Waals surface area contributed by atoms with E-state index >= 15 is 0 Å². The molecule has 1 N–H and O–H groups in total. The second kappa shape index (κ2) is 8.09. The number of aromatic nitrogens is 1. The standard InChI is InChI=1S/C18H27N3O2/c1-4-9-20-18(23)15-7-8-16(22)21(12-13(2)3)17(15)14-6-5-10-19-11-14/h5-6,10-11,13,15,17H,4,7-9,12H2,1-3H3,(H,20,23)/t15-,17+/m1/s1. The number of nitrogens with zero attached hydrogens (tertiary/aromatic N) is 2. The van der Waals surface area contributed by atoms with Gasteiger partial charge in [0.2, 0.25) is 11.8 Å². The lowest BCUT2D eigenvalue weighted by Crippen LogP contribution is -2.49. The molecule has 0 bridgehead atoms. The molecule has 1 aliphatic rings. The van der Waals surface area contributed by atoms with Crippen molar-refractivity contribution in [1.82, 2.24) is 15.2 Å². The molecule has 2 amide bonds. The number of hydrogen-bond donors (Lipinski definition) is 1. The van der Waals surface area contributed by atoms with Crippen LogP contribution in [-0.2, 0) is 9.59 Å². The van der Waals surface area contributed by atoms with E-state index in [0.717, 1.165) is 12.0 Å². The Kier molecular flexibility index (Phi) is 6.13. The van der Waals surface area contributed by atoms with Gasteiger partial charge in [-0.2, -0.15) is 0 Å². The molecule has 1 aromatic heterocycles. The molecule has 0 saturated carbocycles. The van der Waals surface area contributed by atoms with Gasteiger partial charge in [0.1, 0.15) is 0 Å². The third-order valence-electron chi connectivity index (χ3n) is 4.18. The average molecular weight is 317 g/mol. The van der Waals surface area contributed by atoms with Crippen molar-refractivity contribution in [2.75, 3.05) is 13.1 Å². The van der Waals surface area contributed by atoms with E-state index in [2.05, 4.69) is 24.1 Å². The summed E-state index contributed by atoms with van der Waals surface area (Å²) in [4.78, 5) is 31.1. The van der Waals surface area contributed by atoms with Crippen LogP contribution >= 0.6 is 0 Å². The zero-order valence-electron chi connectivity index (χ0n) is 14.3. The molecule has 0 radical (unpaired) electrons. The van der Waals surface area contributed by atoms with Crippen molar-refractivity contribution in [2.45, 2.75) is 46.1 Å². The van der Waals surface area contributed by atoms with Crippen LogP contribution in [0.3, 0.4) is 0 Å². The van der Waals surface area contributed by atoms with Crippen LogP contribution in [0.25, 0.3) is 0 Å². The number of carbonyl (C=O) groups excluding carboxylic acids is 2. The second-order valence-electron chi connectivity index (χ2n) is 6.61. The van der Waals surface area contributed by atoms with Crippen molar-refractivity contribution in [3.63, 3.8) is 0 Å². The highest BCUT2D eigenvalue weighted by molar-refractivity contribution is 5.85. The Bertz CT molecular complexity index is 530. The van der Waals surface area contributed by atoms with Gasteiger partial charge in [-0.25, -0.2) is 0 Å². The van der Waals surface area contributed by atoms with Crippen LogP contribution < -0.4 is 5.32 Å². The molecule has 1 saturated heterocycles. The number of carbonyl (C=O) groups is 2. The van der Waals surface area contributed by atoms with Crippen LogP contribution in [0.1, 0.15) is 51.6 Å². The topological polar surface area (TPSA) is 62.3 Å². The van der Waals surface area contributed by atoms with Gasteiger partial charge >= 0.3 is 0 Å². The summed E-state index contributed by atoms with van der Waals surface area (Å²) in [5.74, 6) is 0.326. The first-order valence-corrected chi connectivity index (χ1v) is 8.51. The lowest BCUT2D eigenvalue weighted by atomic mass is 9.83. The Morgan fingerprint density at radius 1 is 1.48 bits per heavy atom. The SMILES string of the molecule is CCCNC(=O)[C@@H]1CCC(=O)N(CC(C)C)[C@H]1c1cccnc1. The summed E-state index contributed by atoms with van der Waals surface area (Å²) >= 11 is 0. The van der Waals surface area contributed by atoms with E-state index < -0.39 is 0 Å². The fourth-order valence-corrected chi connectivity index (χ4v) is 3.18. The molecule has 2 heterocycles. The quantitative estimate of drug-likeness (QED) is 0.877. The van der Waals surface area contributed by atoms with Crippen LogP contribution in [0.5, 0.6) is 0 Å². The summed E-state index contributed by atoms with van der Waals surface area (Å²) in [5, 5.41) is 2.99. The summed E-state index contributed by atoms with van der Waals surface area (Å²) < 4.78 is 0. The highest BCUT2D eigenvalue weighted by atomic mass is 16.2. The number of rotatable bonds is 6. The number of hydrogen-bond acceptors (Lipinski definition) is 3. The van der Waals surface area contributed by atoms with Crippen LogP contribution in [-0.4, -0.2) is 34.8 Å². The van der Waals surface area contributed by atoms with Crippen molar-refractivity contribution in [1.29, 1.82) is 0 Å². The fourth-order valence-electron chi connectivity index (χ4n) is 3.18. The molecule has 2 rings (SSSR count). The normalized spacial score (nSPS) is 21.6. The van der Waals surface area contributed by atoms with Crippen molar-refractivity contribution in [3.8, 4) is 0 Å². The summed E-state index contributed by atoms with van der Waals surface area (Å²) in [6.07, 6.45) is 5.44. The Morgan fingerprint density at radius 3 is 2.87 bits per heavy atom. The lowest BCUT2D eigenvalue weighted by Gasteiger charge is -2.41. The van der Waals surface area contributed by atoms with Gasteiger partial charge in [0.05, 0.1) is 12.0 Å². The summed E-state index contributed by atoms with van der Waals surface area (Å²) in [6.45, 7) is 7.56. The smallest absolute Gasteiger partial charge is 0.225 e. The maximum absolute atomic E-state index is 12.6. The van der Waals surface area contributed by atoms with E-state index in [1.165, 1.54) is 0 Å². The van der Waals surface area contributed by atoms with Crippen molar-refractivity contribution < 1.29 is 9.59 Å². The molecule has 23 heavy (non-hydrogen) atoms. The van der Waals surface area contributed by atoms with Gasteiger partial charge < -0.3 is 10.2 Å². The third-order valence-corrected chi connectivity index (χ3v) is 4.18. The van der Waals surface area contributed by atoms with E-state index in [9.17, 15) is 9.59 Å². The lowest BCUT2D eigenvalue weighted by molar-refractivity contribution is -0.144. The highest BCUT2D eigenvalue weighted by Crippen LogP contribution is 2.37. The predicted molar refractivity (Wildman–Crippen MR) is 89.6 cm³/mol. The van der Waals surface area contributed by atoms with Gasteiger partial charge in [-0.1, -0.05) is 26.8 Å². The molecule has 1 aliphatic heterocycles. The van der Waals surface area contributed by atoms with Gasteiger partial charge in [0, 0.05) is 31.9 Å². The molecule has 1 fully saturated rings. The molecule has 0 unspecified atom stereocenters. The van der Waals surface area contributed by atoms with E-state index in [4.69, 9.17) is 0 Å². The molecular weight excluding hydrogens is 290 g/mol. The van der Waals surface area contributed by atoms with E-state index in [0.29, 0.717) is 31.8 Å². The molecule has 5 nitrogen and oxygen atoms in total. The second-order valence-corrected chi connectivity index (χ2v) is 6.61. The van der Waals surface area contributed by atoms with Gasteiger partial charge in [-0.15, -0.1) is 0 Å². The van der Waals surface area contributed by atoms with E-state index in [1.807, 2.05) is 24.0 Å². The monoisotopic (exact) mass is 317 g/mol. The third kappa shape index (κ3) is 4.30. The molecule has 2 atom stereocenters. The van der Waals surface area contributed by atoms with Crippen LogP contribution in [0, 0.1) is 11.8 Å². The van der Waals surface area contributed by atoms with Crippen molar-refractivity contribution in [3.05, 3.63) is 30.1 Å². The molecule has 0 aliphatic carbocycles. The number of likely N-dealkylation sites (tertiary alicyclic amines) is 1. The Balaban J connectivity index is 2.32. The minimum atomic E-state index is -0.218. The maximum Gasteiger partial charge on any atom is 0.225 e. The molecule has 0 spiro atoms. The zero-order valence-corrected chi connectivity index (χ0v) is 14.3. The van der Waals surface area contributed by atoms with Gasteiger partial charge in [0.15, 0.2) is 0 Å². The maximum atomic E-state index is 12.6. The Hall–Kier alpha value is -1.91. The summed E-state index contributed by atoms with van der Waals surface area (Å²) in [6, 6.07) is 3.61. The van der Waals surface area contributed by atoms with Gasteiger partial charge in [-0.3, -0.25) is 14.6 Å². The number of nitrogens with one attached hydrogen (secondary N) is 1. The number of piperidine rings is 1. The Morgan fingerprint density at radius 2 is 2.26 bits per heavy atom. The van der Waals surface area contributed by atoms with Crippen molar-refractivity contribution >= 4 is 11.8 Å². The van der Waals surface area contributed by atoms with Crippen molar-refractivity contribution in [2.24, 2.45) is 11.8 Å². The zero-order chi connectivity index (χ0) is 16.8. The molecule has 1 aromatic rings. The number of amides is 2. The van der Waals surface area contributed by atoms with Gasteiger partial charge in [-0.05, 0) is 30.4 Å². The van der Waals surface area contributed by atoms with Crippen LogP contribution in [0.15, 0.2) is 24.5 Å². The fraction of sp³-hybridized carbons (Fsp3) is 0.611. The minimum Gasteiger partial charge on any atom is -0.356 e. The summed E-state index contributed by atoms with van der Waals surface area (Å²) in [5.41, 5.74) is 0.942.